The Morgan fingerprint density at radius 3 is 2.24 bits per heavy atom. The summed E-state index contributed by atoms with van der Waals surface area (Å²) >= 11 is 0. The molecule has 144 valence electrons. The van der Waals surface area contributed by atoms with E-state index in [9.17, 15) is 9.59 Å². The minimum atomic E-state index is -0.361. The molecular weight excluding hydrogens is 366 g/mol. The van der Waals surface area contributed by atoms with E-state index in [1.165, 1.54) is 9.13 Å². The molecule has 0 aliphatic carbocycles. The molecule has 0 aliphatic heterocycles. The highest BCUT2D eigenvalue weighted by atomic mass is 16.2. The molecular formula is C22H19N5O2. The van der Waals surface area contributed by atoms with Crippen molar-refractivity contribution in [3.63, 3.8) is 0 Å². The Morgan fingerprint density at radius 2 is 1.59 bits per heavy atom. The number of para-hydroxylation sites is 1. The van der Waals surface area contributed by atoms with Gasteiger partial charge in [-0.05, 0) is 19.1 Å². The Balaban J connectivity index is 1.98. The van der Waals surface area contributed by atoms with Crippen molar-refractivity contribution in [3.8, 4) is 16.9 Å². The molecule has 5 aromatic rings. The van der Waals surface area contributed by atoms with Gasteiger partial charge in [0.15, 0.2) is 11.2 Å². The van der Waals surface area contributed by atoms with Gasteiger partial charge in [-0.1, -0.05) is 48.5 Å². The third kappa shape index (κ3) is 2.40. The number of rotatable bonds is 3. The lowest BCUT2D eigenvalue weighted by atomic mass is 10.1. The van der Waals surface area contributed by atoms with Crippen LogP contribution in [0.4, 0.5) is 0 Å². The van der Waals surface area contributed by atoms with E-state index in [1.54, 1.807) is 18.4 Å². The average molecular weight is 385 g/mol. The van der Waals surface area contributed by atoms with Gasteiger partial charge >= 0.3 is 5.69 Å². The van der Waals surface area contributed by atoms with Gasteiger partial charge < -0.3 is 0 Å². The maximum absolute atomic E-state index is 13.1. The first-order valence-corrected chi connectivity index (χ1v) is 9.46. The van der Waals surface area contributed by atoms with E-state index in [4.69, 9.17) is 4.98 Å². The summed E-state index contributed by atoms with van der Waals surface area (Å²) in [5.41, 5.74) is 2.94. The number of aryl methyl sites for hydroxylation is 1. The Morgan fingerprint density at radius 1 is 0.931 bits per heavy atom. The summed E-state index contributed by atoms with van der Waals surface area (Å²) in [7, 11) is 1.65. The molecule has 0 radical (unpaired) electrons. The maximum atomic E-state index is 13.1. The van der Waals surface area contributed by atoms with E-state index in [0.717, 1.165) is 16.9 Å². The molecule has 0 bridgehead atoms. The van der Waals surface area contributed by atoms with E-state index < -0.39 is 0 Å². The molecule has 0 N–H and O–H groups in total. The first kappa shape index (κ1) is 17.2. The average Bonchev–Trinajstić information content (AvgIpc) is 3.30. The fourth-order valence-electron chi connectivity index (χ4n) is 3.82. The zero-order valence-corrected chi connectivity index (χ0v) is 16.1. The summed E-state index contributed by atoms with van der Waals surface area (Å²) in [6.07, 6.45) is 1.92. The second-order valence-corrected chi connectivity index (χ2v) is 6.90. The summed E-state index contributed by atoms with van der Waals surface area (Å²) in [5, 5.41) is 0. The summed E-state index contributed by atoms with van der Waals surface area (Å²) in [5.74, 6) is 0.589. The fourth-order valence-corrected chi connectivity index (χ4v) is 3.82. The summed E-state index contributed by atoms with van der Waals surface area (Å²) < 4.78 is 6.47. The van der Waals surface area contributed by atoms with Crippen LogP contribution in [0.15, 0.2) is 76.4 Å². The van der Waals surface area contributed by atoms with Gasteiger partial charge in [-0.2, -0.15) is 4.98 Å². The van der Waals surface area contributed by atoms with Gasteiger partial charge in [0, 0.05) is 31.0 Å². The standard InChI is InChI=1S/C22H19N5O2/c1-3-25-20(28)18-19(24(2)22(25)29)23-21-26(18)14-17(15-10-6-4-7-11-15)27(21)16-12-8-5-9-13-16/h4-14H,3H2,1-2H3. The van der Waals surface area contributed by atoms with Crippen molar-refractivity contribution in [1.29, 1.82) is 0 Å². The molecule has 0 aliphatic rings. The number of imidazole rings is 2. The Hall–Kier alpha value is -3.87. The Labute approximate surface area is 165 Å². The first-order valence-electron chi connectivity index (χ1n) is 9.46. The highest BCUT2D eigenvalue weighted by Crippen LogP contribution is 2.28. The van der Waals surface area contributed by atoms with Gasteiger partial charge in [-0.25, -0.2) is 4.79 Å². The van der Waals surface area contributed by atoms with E-state index in [-0.39, 0.29) is 11.2 Å². The highest BCUT2D eigenvalue weighted by molar-refractivity contribution is 5.79. The maximum Gasteiger partial charge on any atom is 0.332 e. The molecule has 0 amide bonds. The number of hydrogen-bond acceptors (Lipinski definition) is 3. The summed E-state index contributed by atoms with van der Waals surface area (Å²) in [4.78, 5) is 30.3. The van der Waals surface area contributed by atoms with E-state index in [0.29, 0.717) is 23.5 Å². The lowest BCUT2D eigenvalue weighted by molar-refractivity contribution is 0.637. The minimum absolute atomic E-state index is 0.305. The predicted octanol–water partition coefficient (Wildman–Crippen LogP) is 2.83. The van der Waals surface area contributed by atoms with Gasteiger partial charge in [0.1, 0.15) is 0 Å². The first-order chi connectivity index (χ1) is 14.1. The van der Waals surface area contributed by atoms with Crippen molar-refractivity contribution in [2.75, 3.05) is 0 Å². The molecule has 0 atom stereocenters. The molecule has 5 rings (SSSR count). The quantitative estimate of drug-likeness (QED) is 0.480. The molecule has 0 spiro atoms. The number of aromatic nitrogens is 5. The van der Waals surface area contributed by atoms with E-state index >= 15 is 0 Å². The second kappa shape index (κ2) is 6.34. The van der Waals surface area contributed by atoms with Crippen molar-refractivity contribution < 1.29 is 0 Å². The number of fused-ring (bicyclic) bond motifs is 3. The Kier molecular flexibility index (Phi) is 3.77. The van der Waals surface area contributed by atoms with Crippen LogP contribution in [0, 0.1) is 0 Å². The lowest BCUT2D eigenvalue weighted by Crippen LogP contribution is -2.38. The molecule has 2 aromatic carbocycles. The van der Waals surface area contributed by atoms with Crippen LogP contribution in [0.25, 0.3) is 33.9 Å². The molecule has 0 saturated carbocycles. The molecule has 0 unspecified atom stereocenters. The normalized spacial score (nSPS) is 11.5. The van der Waals surface area contributed by atoms with Crippen LogP contribution in [0.2, 0.25) is 0 Å². The minimum Gasteiger partial charge on any atom is -0.279 e. The van der Waals surface area contributed by atoms with Crippen LogP contribution in [-0.4, -0.2) is 23.1 Å². The van der Waals surface area contributed by atoms with Crippen molar-refractivity contribution in [1.82, 2.24) is 23.1 Å². The molecule has 7 heteroatoms. The van der Waals surface area contributed by atoms with E-state index in [1.807, 2.05) is 71.4 Å². The third-order valence-corrected chi connectivity index (χ3v) is 5.25. The van der Waals surface area contributed by atoms with Crippen LogP contribution in [0.5, 0.6) is 0 Å². The van der Waals surface area contributed by atoms with Crippen LogP contribution in [0.3, 0.4) is 0 Å². The fraction of sp³-hybridized carbons (Fsp3) is 0.136. The summed E-state index contributed by atoms with van der Waals surface area (Å²) in [6.45, 7) is 2.09. The van der Waals surface area contributed by atoms with Crippen molar-refractivity contribution in [2.24, 2.45) is 7.05 Å². The van der Waals surface area contributed by atoms with Gasteiger partial charge in [0.2, 0.25) is 5.78 Å². The SMILES string of the molecule is CCn1c(=O)c2c(nc3n(-c4ccccc4)c(-c4ccccc4)cn23)n(C)c1=O. The Bertz CT molecular complexity index is 1470. The third-order valence-electron chi connectivity index (χ3n) is 5.25. The van der Waals surface area contributed by atoms with Crippen molar-refractivity contribution in [2.45, 2.75) is 13.5 Å². The zero-order valence-electron chi connectivity index (χ0n) is 16.1. The van der Waals surface area contributed by atoms with Gasteiger partial charge in [0.05, 0.1) is 5.69 Å². The zero-order chi connectivity index (χ0) is 20.1. The molecule has 7 nitrogen and oxygen atoms in total. The monoisotopic (exact) mass is 385 g/mol. The van der Waals surface area contributed by atoms with Crippen LogP contribution >= 0.6 is 0 Å². The molecule has 3 aromatic heterocycles. The van der Waals surface area contributed by atoms with Crippen LogP contribution < -0.4 is 11.2 Å². The van der Waals surface area contributed by atoms with Gasteiger partial charge in [-0.15, -0.1) is 0 Å². The highest BCUT2D eigenvalue weighted by Gasteiger charge is 2.21. The van der Waals surface area contributed by atoms with E-state index in [2.05, 4.69) is 0 Å². The van der Waals surface area contributed by atoms with Crippen molar-refractivity contribution in [3.05, 3.63) is 87.7 Å². The van der Waals surface area contributed by atoms with Gasteiger partial charge in [0.25, 0.3) is 5.56 Å². The smallest absolute Gasteiger partial charge is 0.279 e. The topological polar surface area (TPSA) is 66.2 Å². The summed E-state index contributed by atoms with van der Waals surface area (Å²) in [6, 6.07) is 19.8. The number of nitrogens with zero attached hydrogens (tertiary/aromatic N) is 5. The molecule has 0 fully saturated rings. The molecule has 3 heterocycles. The lowest BCUT2D eigenvalue weighted by Gasteiger charge is -2.09. The number of benzene rings is 2. The van der Waals surface area contributed by atoms with Crippen LogP contribution in [0.1, 0.15) is 6.92 Å². The largest absolute Gasteiger partial charge is 0.332 e. The number of hydrogen-bond donors (Lipinski definition) is 0. The van der Waals surface area contributed by atoms with Gasteiger partial charge in [-0.3, -0.25) is 22.9 Å². The molecule has 0 saturated heterocycles. The second-order valence-electron chi connectivity index (χ2n) is 6.90. The molecule has 29 heavy (non-hydrogen) atoms. The van der Waals surface area contributed by atoms with Crippen LogP contribution in [-0.2, 0) is 13.6 Å². The van der Waals surface area contributed by atoms with Crippen molar-refractivity contribution >= 4 is 16.9 Å². The predicted molar refractivity (Wildman–Crippen MR) is 113 cm³/mol.